The second-order valence-electron chi connectivity index (χ2n) is 6.45. The zero-order chi connectivity index (χ0) is 17.5. The number of hydrogen-bond acceptors (Lipinski definition) is 5. The minimum absolute atomic E-state index is 0.150. The maximum Gasteiger partial charge on any atom is 0.227 e. The fourth-order valence-corrected chi connectivity index (χ4v) is 3.02. The van der Waals surface area contributed by atoms with E-state index in [1.54, 1.807) is 0 Å². The molecule has 0 bridgehead atoms. The quantitative estimate of drug-likeness (QED) is 0.689. The average Bonchev–Trinajstić information content (AvgIpc) is 3.30. The van der Waals surface area contributed by atoms with Gasteiger partial charge in [-0.05, 0) is 12.8 Å². The molecule has 134 valence electrons. The van der Waals surface area contributed by atoms with Gasteiger partial charge in [-0.3, -0.25) is 4.79 Å². The molecule has 1 aromatic carbocycles. The smallest absolute Gasteiger partial charge is 0.227 e. The number of aryl methyl sites for hydroxylation is 1. The highest BCUT2D eigenvalue weighted by Gasteiger charge is 2.26. The van der Waals surface area contributed by atoms with Crippen molar-refractivity contribution < 1.29 is 14.1 Å². The molecule has 6 heteroatoms. The van der Waals surface area contributed by atoms with E-state index in [-0.39, 0.29) is 5.91 Å². The SMILES string of the molecule is CCCOCC1CCN(C(=O)CCc2nc(-c3ccccc3)no2)C1. The number of amides is 1. The Balaban J connectivity index is 1.45. The molecule has 1 amide bonds. The van der Waals surface area contributed by atoms with Gasteiger partial charge in [0, 0.05) is 44.0 Å². The molecule has 25 heavy (non-hydrogen) atoms. The van der Waals surface area contributed by atoms with Crippen LogP contribution in [0.4, 0.5) is 0 Å². The van der Waals surface area contributed by atoms with Gasteiger partial charge < -0.3 is 14.2 Å². The summed E-state index contributed by atoms with van der Waals surface area (Å²) >= 11 is 0. The highest BCUT2D eigenvalue weighted by molar-refractivity contribution is 5.76. The first kappa shape index (κ1) is 17.6. The van der Waals surface area contributed by atoms with Crippen molar-refractivity contribution in [3.05, 3.63) is 36.2 Å². The van der Waals surface area contributed by atoms with Crippen LogP contribution in [0.1, 0.15) is 32.1 Å². The van der Waals surface area contributed by atoms with E-state index < -0.39 is 0 Å². The Hall–Kier alpha value is -2.21. The maximum absolute atomic E-state index is 12.4. The largest absolute Gasteiger partial charge is 0.381 e. The Morgan fingerprint density at radius 2 is 2.20 bits per heavy atom. The highest BCUT2D eigenvalue weighted by atomic mass is 16.5. The minimum atomic E-state index is 0.150. The van der Waals surface area contributed by atoms with Crippen LogP contribution in [0.2, 0.25) is 0 Å². The molecule has 1 unspecified atom stereocenters. The average molecular weight is 343 g/mol. The lowest BCUT2D eigenvalue weighted by molar-refractivity contribution is -0.130. The fourth-order valence-electron chi connectivity index (χ4n) is 3.02. The van der Waals surface area contributed by atoms with E-state index in [4.69, 9.17) is 9.26 Å². The summed E-state index contributed by atoms with van der Waals surface area (Å²) in [7, 11) is 0. The predicted molar refractivity (Wildman–Crippen MR) is 93.9 cm³/mol. The second-order valence-corrected chi connectivity index (χ2v) is 6.45. The third kappa shape index (κ3) is 4.89. The molecule has 1 aliphatic rings. The third-order valence-electron chi connectivity index (χ3n) is 4.39. The monoisotopic (exact) mass is 343 g/mol. The summed E-state index contributed by atoms with van der Waals surface area (Å²) in [6, 6.07) is 9.68. The van der Waals surface area contributed by atoms with Crippen molar-refractivity contribution in [2.45, 2.75) is 32.6 Å². The van der Waals surface area contributed by atoms with Gasteiger partial charge in [0.2, 0.25) is 17.6 Å². The number of carbonyl (C=O) groups is 1. The zero-order valence-electron chi connectivity index (χ0n) is 14.7. The summed E-state index contributed by atoms with van der Waals surface area (Å²) < 4.78 is 10.9. The second kappa shape index (κ2) is 8.76. The Morgan fingerprint density at radius 1 is 1.36 bits per heavy atom. The highest BCUT2D eigenvalue weighted by Crippen LogP contribution is 2.19. The van der Waals surface area contributed by atoms with Crippen molar-refractivity contribution in [1.29, 1.82) is 0 Å². The number of ether oxygens (including phenoxy) is 1. The first-order chi connectivity index (χ1) is 12.3. The molecule has 0 saturated carbocycles. The summed E-state index contributed by atoms with van der Waals surface area (Å²) in [4.78, 5) is 18.7. The first-order valence-electron chi connectivity index (χ1n) is 8.99. The van der Waals surface area contributed by atoms with Crippen LogP contribution in [-0.4, -0.2) is 47.3 Å². The van der Waals surface area contributed by atoms with Gasteiger partial charge >= 0.3 is 0 Å². The molecule has 0 aliphatic carbocycles. The molecule has 6 nitrogen and oxygen atoms in total. The van der Waals surface area contributed by atoms with Crippen LogP contribution in [0.3, 0.4) is 0 Å². The number of nitrogens with zero attached hydrogens (tertiary/aromatic N) is 3. The molecule has 2 heterocycles. The third-order valence-corrected chi connectivity index (χ3v) is 4.39. The summed E-state index contributed by atoms with van der Waals surface area (Å²) in [6.45, 7) is 5.26. The molecule has 3 rings (SSSR count). The first-order valence-corrected chi connectivity index (χ1v) is 8.99. The maximum atomic E-state index is 12.4. The molecule has 1 aliphatic heterocycles. The molecule has 1 fully saturated rings. The molecule has 0 radical (unpaired) electrons. The summed E-state index contributed by atoms with van der Waals surface area (Å²) in [6.07, 6.45) is 2.93. The van der Waals surface area contributed by atoms with Crippen LogP contribution in [0.5, 0.6) is 0 Å². The number of rotatable bonds is 8. The predicted octanol–water partition coefficient (Wildman–Crippen LogP) is 2.94. The van der Waals surface area contributed by atoms with E-state index in [2.05, 4.69) is 17.1 Å². The number of hydrogen-bond donors (Lipinski definition) is 0. The topological polar surface area (TPSA) is 68.5 Å². The van der Waals surface area contributed by atoms with Gasteiger partial charge in [-0.15, -0.1) is 0 Å². The molecule has 0 spiro atoms. The number of aromatic nitrogens is 2. The van der Waals surface area contributed by atoms with Gasteiger partial charge in [0.1, 0.15) is 0 Å². The van der Waals surface area contributed by atoms with E-state index >= 15 is 0 Å². The van der Waals surface area contributed by atoms with E-state index in [0.717, 1.165) is 44.7 Å². The van der Waals surface area contributed by atoms with Crippen molar-refractivity contribution in [2.24, 2.45) is 5.92 Å². The van der Waals surface area contributed by atoms with Gasteiger partial charge in [-0.2, -0.15) is 4.98 Å². The van der Waals surface area contributed by atoms with Crippen LogP contribution in [0.15, 0.2) is 34.9 Å². The van der Waals surface area contributed by atoms with Crippen molar-refractivity contribution in [3.8, 4) is 11.4 Å². The molecule has 2 aromatic rings. The van der Waals surface area contributed by atoms with Crippen LogP contribution in [0.25, 0.3) is 11.4 Å². The molecule has 1 atom stereocenters. The van der Waals surface area contributed by atoms with Crippen LogP contribution < -0.4 is 0 Å². The lowest BCUT2D eigenvalue weighted by atomic mass is 10.1. The van der Waals surface area contributed by atoms with E-state index in [0.29, 0.717) is 30.5 Å². The van der Waals surface area contributed by atoms with Crippen LogP contribution >= 0.6 is 0 Å². The van der Waals surface area contributed by atoms with Crippen LogP contribution in [0, 0.1) is 5.92 Å². The van der Waals surface area contributed by atoms with Gasteiger partial charge in [0.05, 0.1) is 6.61 Å². The minimum Gasteiger partial charge on any atom is -0.381 e. The summed E-state index contributed by atoms with van der Waals surface area (Å²) in [5.41, 5.74) is 0.915. The van der Waals surface area contributed by atoms with E-state index in [1.165, 1.54) is 0 Å². The van der Waals surface area contributed by atoms with Crippen LogP contribution in [-0.2, 0) is 16.0 Å². The zero-order valence-corrected chi connectivity index (χ0v) is 14.7. The normalized spacial score (nSPS) is 17.2. The lowest BCUT2D eigenvalue weighted by Crippen LogP contribution is -2.29. The Morgan fingerprint density at radius 3 is 3.00 bits per heavy atom. The summed E-state index contributed by atoms with van der Waals surface area (Å²) in [5, 5.41) is 3.99. The summed E-state index contributed by atoms with van der Waals surface area (Å²) in [5.74, 6) is 1.69. The lowest BCUT2D eigenvalue weighted by Gasteiger charge is -2.16. The van der Waals surface area contributed by atoms with Crippen molar-refractivity contribution in [1.82, 2.24) is 15.0 Å². The fraction of sp³-hybridized carbons (Fsp3) is 0.526. The number of carbonyl (C=O) groups excluding carboxylic acids is 1. The van der Waals surface area contributed by atoms with Gasteiger partial charge in [-0.1, -0.05) is 42.4 Å². The molecule has 0 N–H and O–H groups in total. The standard InChI is InChI=1S/C19H25N3O3/c1-2-12-24-14-15-10-11-22(13-15)18(23)9-8-17-20-19(21-25-17)16-6-4-3-5-7-16/h3-7,15H,2,8-14H2,1H3. The van der Waals surface area contributed by atoms with Crippen molar-refractivity contribution in [3.63, 3.8) is 0 Å². The van der Waals surface area contributed by atoms with E-state index in [1.807, 2.05) is 35.2 Å². The van der Waals surface area contributed by atoms with Gasteiger partial charge in [-0.25, -0.2) is 0 Å². The Bertz CT molecular complexity index is 672. The molecular weight excluding hydrogens is 318 g/mol. The molecular formula is C19H25N3O3. The molecule has 1 saturated heterocycles. The van der Waals surface area contributed by atoms with Crippen molar-refractivity contribution >= 4 is 5.91 Å². The van der Waals surface area contributed by atoms with Gasteiger partial charge in [0.25, 0.3) is 0 Å². The van der Waals surface area contributed by atoms with Crippen molar-refractivity contribution in [2.75, 3.05) is 26.3 Å². The number of likely N-dealkylation sites (tertiary alicyclic amines) is 1. The van der Waals surface area contributed by atoms with E-state index in [9.17, 15) is 4.79 Å². The molecule has 1 aromatic heterocycles. The number of benzene rings is 1. The Kier molecular flexibility index (Phi) is 6.17. The van der Waals surface area contributed by atoms with Gasteiger partial charge in [0.15, 0.2) is 0 Å². The Labute approximate surface area is 148 Å².